The summed E-state index contributed by atoms with van der Waals surface area (Å²) in [7, 11) is 0. The highest BCUT2D eigenvalue weighted by Gasteiger charge is 2.42. The number of nitrogens with zero attached hydrogens (tertiary/aromatic N) is 2. The summed E-state index contributed by atoms with van der Waals surface area (Å²) in [6.45, 7) is -0.0380. The second kappa shape index (κ2) is 6.60. The van der Waals surface area contributed by atoms with Crippen molar-refractivity contribution < 1.29 is 8.78 Å². The molecule has 0 unspecified atom stereocenters. The highest BCUT2D eigenvalue weighted by atomic mass is 19.1. The molecular formula is C30H17BF2N2. The van der Waals surface area contributed by atoms with Gasteiger partial charge in [0.1, 0.15) is 17.3 Å². The minimum absolute atomic E-state index is 0.0380. The van der Waals surface area contributed by atoms with E-state index in [2.05, 4.69) is 59.2 Å². The second-order valence-corrected chi connectivity index (χ2v) is 9.20. The van der Waals surface area contributed by atoms with Crippen LogP contribution < -0.4 is 21.3 Å². The molecule has 3 heterocycles. The number of aromatic nitrogens is 1. The normalized spacial score (nSPS) is 13.3. The highest BCUT2D eigenvalue weighted by Crippen LogP contribution is 2.42. The molecular weight excluding hydrogens is 437 g/mol. The Hall–Kier alpha value is -4.38. The Morgan fingerprint density at radius 1 is 0.543 bits per heavy atom. The van der Waals surface area contributed by atoms with Crippen molar-refractivity contribution in [1.82, 2.24) is 4.57 Å². The average molecular weight is 454 g/mol. The van der Waals surface area contributed by atoms with Crippen molar-refractivity contribution in [2.45, 2.75) is 0 Å². The van der Waals surface area contributed by atoms with E-state index in [9.17, 15) is 0 Å². The van der Waals surface area contributed by atoms with E-state index in [0.717, 1.165) is 33.5 Å². The molecule has 2 aliphatic rings. The lowest BCUT2D eigenvalue weighted by Gasteiger charge is -2.40. The van der Waals surface area contributed by atoms with Gasteiger partial charge >= 0.3 is 0 Å². The summed E-state index contributed by atoms with van der Waals surface area (Å²) in [4.78, 5) is 1.76. The Morgan fingerprint density at radius 3 is 2.06 bits per heavy atom. The fourth-order valence-corrected chi connectivity index (χ4v) is 6.24. The number of fused-ring (bicyclic) bond motifs is 7. The monoisotopic (exact) mass is 454 g/mol. The molecule has 164 valence electrons. The van der Waals surface area contributed by atoms with Crippen LogP contribution in [0.15, 0.2) is 103 Å². The van der Waals surface area contributed by atoms with Gasteiger partial charge in [-0.25, -0.2) is 8.78 Å². The van der Waals surface area contributed by atoms with E-state index in [-0.39, 0.29) is 12.4 Å². The van der Waals surface area contributed by atoms with Crippen LogP contribution in [0.25, 0.3) is 27.5 Å². The van der Waals surface area contributed by atoms with Crippen LogP contribution in [0.2, 0.25) is 0 Å². The van der Waals surface area contributed by atoms with E-state index in [4.69, 9.17) is 0 Å². The first-order valence-corrected chi connectivity index (χ1v) is 11.7. The molecule has 0 bridgehead atoms. The van der Waals surface area contributed by atoms with Crippen molar-refractivity contribution in [2.24, 2.45) is 0 Å². The standard InChI is InChI=1S/C30H17BF2N2/c32-22-12-6-13-23(33)30(22)35-25-15-4-2-10-20(25)31-21-11-5-9-19-18-8-1-3-14-24(18)34(29(19)21)26-16-7-17-27(35)28(26)31/h1-17H. The lowest BCUT2D eigenvalue weighted by atomic mass is 9.34. The maximum Gasteiger partial charge on any atom is 0.252 e. The van der Waals surface area contributed by atoms with Crippen molar-refractivity contribution in [3.63, 3.8) is 0 Å². The molecule has 8 rings (SSSR count). The van der Waals surface area contributed by atoms with E-state index in [1.54, 1.807) is 4.90 Å². The van der Waals surface area contributed by atoms with Crippen LogP contribution in [0.3, 0.4) is 0 Å². The van der Waals surface area contributed by atoms with E-state index in [1.165, 1.54) is 40.0 Å². The number of para-hydroxylation sites is 4. The average Bonchev–Trinajstić information content (AvgIpc) is 3.23. The fourth-order valence-electron chi connectivity index (χ4n) is 6.24. The largest absolute Gasteiger partial charge is 0.310 e. The summed E-state index contributed by atoms with van der Waals surface area (Å²) in [6.07, 6.45) is 0. The molecule has 0 saturated heterocycles. The maximum absolute atomic E-state index is 15.2. The minimum atomic E-state index is -0.583. The first-order valence-electron chi connectivity index (χ1n) is 11.7. The lowest BCUT2D eigenvalue weighted by Crippen LogP contribution is -2.60. The van der Waals surface area contributed by atoms with Gasteiger partial charge in [-0.1, -0.05) is 66.7 Å². The van der Waals surface area contributed by atoms with E-state index < -0.39 is 11.6 Å². The Bertz CT molecular complexity index is 1840. The van der Waals surface area contributed by atoms with Crippen LogP contribution in [-0.4, -0.2) is 11.3 Å². The molecule has 0 aliphatic carbocycles. The zero-order chi connectivity index (χ0) is 23.3. The third-order valence-corrected chi connectivity index (χ3v) is 7.52. The molecule has 6 aromatic rings. The van der Waals surface area contributed by atoms with Gasteiger partial charge < -0.3 is 9.47 Å². The number of halogens is 2. The van der Waals surface area contributed by atoms with Gasteiger partial charge in [-0.2, -0.15) is 0 Å². The quantitative estimate of drug-likeness (QED) is 0.290. The summed E-state index contributed by atoms with van der Waals surface area (Å²) < 4.78 is 32.7. The molecule has 1 aromatic heterocycles. The number of anilines is 3. The molecule has 0 atom stereocenters. The van der Waals surface area contributed by atoms with Gasteiger partial charge in [-0.05, 0) is 52.8 Å². The van der Waals surface area contributed by atoms with E-state index in [0.29, 0.717) is 0 Å². The summed E-state index contributed by atoms with van der Waals surface area (Å²) in [5.41, 5.74) is 8.24. The van der Waals surface area contributed by atoms with Crippen molar-refractivity contribution in [1.29, 1.82) is 0 Å². The molecule has 0 spiro atoms. The van der Waals surface area contributed by atoms with Crippen molar-refractivity contribution in [3.05, 3.63) is 115 Å². The summed E-state index contributed by atoms with van der Waals surface area (Å²) in [6, 6.07) is 33.0. The number of hydrogen-bond donors (Lipinski definition) is 0. The third kappa shape index (κ3) is 2.28. The first-order chi connectivity index (χ1) is 17.2. The Kier molecular flexibility index (Phi) is 3.58. The van der Waals surface area contributed by atoms with Gasteiger partial charge in [0.05, 0.1) is 5.52 Å². The zero-order valence-corrected chi connectivity index (χ0v) is 18.5. The van der Waals surface area contributed by atoms with Crippen molar-refractivity contribution in [3.8, 4) is 5.69 Å². The molecule has 0 N–H and O–H groups in total. The molecule has 0 fully saturated rings. The maximum atomic E-state index is 15.2. The van der Waals surface area contributed by atoms with Crippen LogP contribution in [0.1, 0.15) is 0 Å². The van der Waals surface area contributed by atoms with Crippen LogP contribution in [0, 0.1) is 11.6 Å². The zero-order valence-electron chi connectivity index (χ0n) is 18.5. The first kappa shape index (κ1) is 19.0. The fraction of sp³-hybridized carbons (Fsp3) is 0. The smallest absolute Gasteiger partial charge is 0.252 e. The van der Waals surface area contributed by atoms with E-state index >= 15 is 8.78 Å². The molecule has 35 heavy (non-hydrogen) atoms. The summed E-state index contributed by atoms with van der Waals surface area (Å²) in [5.74, 6) is -1.17. The van der Waals surface area contributed by atoms with Gasteiger partial charge in [0, 0.05) is 33.4 Å². The third-order valence-electron chi connectivity index (χ3n) is 7.52. The van der Waals surface area contributed by atoms with Crippen LogP contribution >= 0.6 is 0 Å². The minimum Gasteiger partial charge on any atom is -0.310 e. The van der Waals surface area contributed by atoms with Crippen LogP contribution in [0.4, 0.5) is 25.8 Å². The number of hydrogen-bond acceptors (Lipinski definition) is 1. The molecule has 0 saturated carbocycles. The predicted octanol–water partition coefficient (Wildman–Crippen LogP) is 5.67. The lowest BCUT2D eigenvalue weighted by molar-refractivity contribution is 0.586. The van der Waals surface area contributed by atoms with Gasteiger partial charge in [0.2, 0.25) is 0 Å². The van der Waals surface area contributed by atoms with Gasteiger partial charge in [0.25, 0.3) is 6.71 Å². The van der Waals surface area contributed by atoms with Gasteiger partial charge in [0.15, 0.2) is 0 Å². The molecule has 2 nitrogen and oxygen atoms in total. The Labute approximate surface area is 200 Å². The predicted molar refractivity (Wildman–Crippen MR) is 140 cm³/mol. The Balaban J connectivity index is 1.58. The van der Waals surface area contributed by atoms with Gasteiger partial charge in [-0.15, -0.1) is 0 Å². The van der Waals surface area contributed by atoms with E-state index in [1.807, 2.05) is 30.3 Å². The van der Waals surface area contributed by atoms with Crippen molar-refractivity contribution >= 4 is 62.0 Å². The Morgan fingerprint density at radius 2 is 1.17 bits per heavy atom. The topological polar surface area (TPSA) is 8.17 Å². The second-order valence-electron chi connectivity index (χ2n) is 9.20. The summed E-state index contributed by atoms with van der Waals surface area (Å²) in [5, 5.41) is 2.42. The van der Waals surface area contributed by atoms with Crippen LogP contribution in [0.5, 0.6) is 0 Å². The number of benzene rings is 5. The summed E-state index contributed by atoms with van der Waals surface area (Å²) >= 11 is 0. The molecule has 0 amide bonds. The molecule has 2 aliphatic heterocycles. The number of rotatable bonds is 1. The molecule has 0 radical (unpaired) electrons. The SMILES string of the molecule is Fc1cccc(F)c1N1c2ccccc2B2c3c1cccc3-n1c3ccccc3c3cccc2c31. The van der Waals surface area contributed by atoms with Gasteiger partial charge in [-0.3, -0.25) is 0 Å². The highest BCUT2D eigenvalue weighted by molar-refractivity contribution is 7.00. The molecule has 5 aromatic carbocycles. The van der Waals surface area contributed by atoms with Crippen LogP contribution in [-0.2, 0) is 0 Å². The molecule has 5 heteroatoms. The van der Waals surface area contributed by atoms with Crippen molar-refractivity contribution in [2.75, 3.05) is 4.90 Å².